The van der Waals surface area contributed by atoms with Crippen molar-refractivity contribution in [3.63, 3.8) is 0 Å². The number of hydrogen-bond donors (Lipinski definition) is 3. The predicted molar refractivity (Wildman–Crippen MR) is 80.6 cm³/mol. The zero-order valence-corrected chi connectivity index (χ0v) is 12.1. The van der Waals surface area contributed by atoms with Gasteiger partial charge in [-0.1, -0.05) is 13.0 Å². The van der Waals surface area contributed by atoms with Crippen LogP contribution >= 0.6 is 0 Å². The number of benzene rings is 1. The van der Waals surface area contributed by atoms with Gasteiger partial charge in [0, 0.05) is 30.3 Å². The van der Waals surface area contributed by atoms with Crippen molar-refractivity contribution < 1.29 is 9.59 Å². The van der Waals surface area contributed by atoms with Crippen molar-refractivity contribution in [1.82, 2.24) is 5.32 Å². The number of nitrogens with one attached hydrogen (secondary N) is 2. The molecule has 0 spiro atoms. The third-order valence-corrected chi connectivity index (χ3v) is 2.77. The first-order valence-electron chi connectivity index (χ1n) is 6.96. The number of carbonyl (C=O) groups is 2. The maximum absolute atomic E-state index is 11.8. The van der Waals surface area contributed by atoms with Gasteiger partial charge in [-0.05, 0) is 38.0 Å². The lowest BCUT2D eigenvalue weighted by molar-refractivity contribution is -0.116. The van der Waals surface area contributed by atoms with E-state index in [9.17, 15) is 9.59 Å². The van der Waals surface area contributed by atoms with E-state index in [0.29, 0.717) is 30.6 Å². The second kappa shape index (κ2) is 8.32. The van der Waals surface area contributed by atoms with Gasteiger partial charge in [0.15, 0.2) is 0 Å². The summed E-state index contributed by atoms with van der Waals surface area (Å²) in [7, 11) is 0. The molecule has 0 bridgehead atoms. The van der Waals surface area contributed by atoms with Crippen molar-refractivity contribution in [3.05, 3.63) is 29.8 Å². The quantitative estimate of drug-likeness (QED) is 0.711. The van der Waals surface area contributed by atoms with E-state index >= 15 is 0 Å². The highest BCUT2D eigenvalue weighted by Gasteiger charge is 2.08. The van der Waals surface area contributed by atoms with Crippen molar-refractivity contribution in [1.29, 1.82) is 0 Å². The summed E-state index contributed by atoms with van der Waals surface area (Å²) in [5.41, 5.74) is 6.78. The Hall–Kier alpha value is -1.88. The molecule has 1 unspecified atom stereocenters. The summed E-state index contributed by atoms with van der Waals surface area (Å²) in [5, 5.41) is 5.58. The van der Waals surface area contributed by atoms with E-state index < -0.39 is 0 Å². The van der Waals surface area contributed by atoms with E-state index in [2.05, 4.69) is 10.6 Å². The van der Waals surface area contributed by atoms with Crippen molar-refractivity contribution in [2.75, 3.05) is 11.9 Å². The number of anilines is 1. The maximum Gasteiger partial charge on any atom is 0.251 e. The van der Waals surface area contributed by atoms with E-state index in [-0.39, 0.29) is 17.9 Å². The zero-order chi connectivity index (χ0) is 15.0. The van der Waals surface area contributed by atoms with Crippen LogP contribution in [0.2, 0.25) is 0 Å². The van der Waals surface area contributed by atoms with E-state index in [1.54, 1.807) is 24.3 Å². The number of rotatable bonds is 7. The molecule has 110 valence electrons. The topological polar surface area (TPSA) is 84.2 Å². The lowest BCUT2D eigenvalue weighted by Crippen LogP contribution is -2.24. The van der Waals surface area contributed by atoms with Crippen LogP contribution in [0.5, 0.6) is 0 Å². The molecule has 0 radical (unpaired) electrons. The number of carbonyl (C=O) groups excluding carboxylic acids is 2. The lowest BCUT2D eigenvalue weighted by Gasteiger charge is -2.09. The van der Waals surface area contributed by atoms with Crippen LogP contribution in [0.15, 0.2) is 24.3 Å². The number of hydrogen-bond acceptors (Lipinski definition) is 3. The van der Waals surface area contributed by atoms with Gasteiger partial charge >= 0.3 is 0 Å². The van der Waals surface area contributed by atoms with Gasteiger partial charge in [0.25, 0.3) is 5.91 Å². The van der Waals surface area contributed by atoms with Crippen LogP contribution in [0.3, 0.4) is 0 Å². The summed E-state index contributed by atoms with van der Waals surface area (Å²) in [5.74, 6) is -0.216. The average Bonchev–Trinajstić information content (AvgIpc) is 2.42. The smallest absolute Gasteiger partial charge is 0.251 e. The van der Waals surface area contributed by atoms with Gasteiger partial charge in [-0.3, -0.25) is 9.59 Å². The molecule has 1 aromatic rings. The largest absolute Gasteiger partial charge is 0.352 e. The summed E-state index contributed by atoms with van der Waals surface area (Å²) in [6, 6.07) is 6.92. The second-order valence-corrected chi connectivity index (χ2v) is 4.90. The zero-order valence-electron chi connectivity index (χ0n) is 12.1. The molecule has 1 aromatic carbocycles. The molecule has 1 rings (SSSR count). The van der Waals surface area contributed by atoms with Crippen LogP contribution < -0.4 is 16.4 Å². The Morgan fingerprint density at radius 3 is 2.75 bits per heavy atom. The standard InChI is InChI=1S/C15H23N3O2/c1-3-9-17-15(20)12-5-4-6-13(10-12)18-14(19)8-7-11(2)16/h4-6,10-11H,3,7-9,16H2,1-2H3,(H,17,20)(H,18,19). The molecule has 0 heterocycles. The highest BCUT2D eigenvalue weighted by Crippen LogP contribution is 2.11. The molecule has 5 nitrogen and oxygen atoms in total. The Bertz CT molecular complexity index is 458. The van der Waals surface area contributed by atoms with Gasteiger partial charge in [0.05, 0.1) is 0 Å². The first-order valence-corrected chi connectivity index (χ1v) is 6.96. The summed E-state index contributed by atoms with van der Waals surface area (Å²) < 4.78 is 0. The van der Waals surface area contributed by atoms with Gasteiger partial charge in [-0.2, -0.15) is 0 Å². The van der Waals surface area contributed by atoms with Crippen LogP contribution in [-0.4, -0.2) is 24.4 Å². The molecule has 5 heteroatoms. The fraction of sp³-hybridized carbons (Fsp3) is 0.467. The molecule has 0 fully saturated rings. The first-order chi connectivity index (χ1) is 9.52. The van der Waals surface area contributed by atoms with Crippen LogP contribution in [-0.2, 0) is 4.79 Å². The molecule has 1 atom stereocenters. The van der Waals surface area contributed by atoms with Crippen molar-refractivity contribution in [2.24, 2.45) is 5.73 Å². The van der Waals surface area contributed by atoms with Crippen LogP contribution in [0, 0.1) is 0 Å². The van der Waals surface area contributed by atoms with E-state index in [1.165, 1.54) is 0 Å². The van der Waals surface area contributed by atoms with Crippen molar-refractivity contribution in [3.8, 4) is 0 Å². The molecule has 0 saturated heterocycles. The van der Waals surface area contributed by atoms with Crippen molar-refractivity contribution in [2.45, 2.75) is 39.2 Å². The van der Waals surface area contributed by atoms with Gasteiger partial charge in [-0.15, -0.1) is 0 Å². The average molecular weight is 277 g/mol. The van der Waals surface area contributed by atoms with Crippen LogP contribution in [0.25, 0.3) is 0 Å². The highest BCUT2D eigenvalue weighted by atomic mass is 16.2. The Labute approximate surface area is 119 Å². The van der Waals surface area contributed by atoms with E-state index in [0.717, 1.165) is 6.42 Å². The van der Waals surface area contributed by atoms with Crippen LogP contribution in [0.1, 0.15) is 43.5 Å². The first kappa shape index (κ1) is 16.2. The molecule has 0 aliphatic heterocycles. The van der Waals surface area contributed by atoms with Gasteiger partial charge < -0.3 is 16.4 Å². The van der Waals surface area contributed by atoms with Gasteiger partial charge in [-0.25, -0.2) is 0 Å². The number of amides is 2. The predicted octanol–water partition coefficient (Wildman–Crippen LogP) is 1.89. The van der Waals surface area contributed by atoms with Crippen molar-refractivity contribution >= 4 is 17.5 Å². The molecule has 0 aromatic heterocycles. The molecular formula is C15H23N3O2. The molecule has 0 aliphatic rings. The second-order valence-electron chi connectivity index (χ2n) is 4.90. The molecular weight excluding hydrogens is 254 g/mol. The lowest BCUT2D eigenvalue weighted by atomic mass is 10.1. The summed E-state index contributed by atoms with van der Waals surface area (Å²) in [6.45, 7) is 4.51. The van der Waals surface area contributed by atoms with E-state index in [1.807, 2.05) is 13.8 Å². The number of nitrogens with two attached hydrogens (primary N) is 1. The summed E-state index contributed by atoms with van der Waals surface area (Å²) in [4.78, 5) is 23.5. The fourth-order valence-corrected chi connectivity index (χ4v) is 1.66. The van der Waals surface area contributed by atoms with E-state index in [4.69, 9.17) is 5.73 Å². The van der Waals surface area contributed by atoms with Gasteiger partial charge in [0.2, 0.25) is 5.91 Å². The molecule has 20 heavy (non-hydrogen) atoms. The third-order valence-electron chi connectivity index (χ3n) is 2.77. The maximum atomic E-state index is 11.8. The highest BCUT2D eigenvalue weighted by molar-refractivity contribution is 5.97. The minimum absolute atomic E-state index is 0.00639. The molecule has 2 amide bonds. The molecule has 0 saturated carbocycles. The fourth-order valence-electron chi connectivity index (χ4n) is 1.66. The molecule has 4 N–H and O–H groups in total. The third kappa shape index (κ3) is 5.84. The summed E-state index contributed by atoms with van der Waals surface area (Å²) >= 11 is 0. The minimum Gasteiger partial charge on any atom is -0.352 e. The normalized spacial score (nSPS) is 11.8. The van der Waals surface area contributed by atoms with Gasteiger partial charge in [0.1, 0.15) is 0 Å². The minimum atomic E-state index is -0.126. The Morgan fingerprint density at radius 2 is 2.10 bits per heavy atom. The molecule has 0 aliphatic carbocycles. The monoisotopic (exact) mass is 277 g/mol. The van der Waals surface area contributed by atoms with Crippen LogP contribution in [0.4, 0.5) is 5.69 Å². The Kier molecular flexibility index (Phi) is 6.73. The Morgan fingerprint density at radius 1 is 1.35 bits per heavy atom. The summed E-state index contributed by atoms with van der Waals surface area (Å²) in [6.07, 6.45) is 1.91. The Balaban J connectivity index is 2.59. The SMILES string of the molecule is CCCNC(=O)c1cccc(NC(=O)CCC(C)N)c1.